The zero-order chi connectivity index (χ0) is 7.11. The Morgan fingerprint density at radius 1 is 1.56 bits per heavy atom. The summed E-state index contributed by atoms with van der Waals surface area (Å²) >= 11 is 0. The summed E-state index contributed by atoms with van der Waals surface area (Å²) in [7, 11) is 0. The molecular weight excluding hydrogens is 116 g/mol. The van der Waals surface area contributed by atoms with Crippen LogP contribution in [0.25, 0.3) is 0 Å². The fraction of sp³-hybridized carbons (Fsp3) is 0.571. The zero-order valence-corrected chi connectivity index (χ0v) is 5.89. The highest BCUT2D eigenvalue weighted by Crippen LogP contribution is 1.89. The van der Waals surface area contributed by atoms with E-state index in [4.69, 9.17) is 4.74 Å². The lowest BCUT2D eigenvalue weighted by atomic mass is 10.4. The first-order valence-corrected chi connectivity index (χ1v) is 2.96. The van der Waals surface area contributed by atoms with E-state index in [1.165, 1.54) is 0 Å². The van der Waals surface area contributed by atoms with E-state index in [0.717, 1.165) is 11.9 Å². The molecule has 0 aromatic rings. The van der Waals surface area contributed by atoms with Crippen LogP contribution in [0.3, 0.4) is 0 Å². The number of allylic oxidation sites excluding steroid dienone is 1. The van der Waals surface area contributed by atoms with Crippen LogP contribution in [-0.2, 0) is 9.53 Å². The van der Waals surface area contributed by atoms with Crippen molar-refractivity contribution in [1.82, 2.24) is 0 Å². The first-order chi connectivity index (χ1) is 4.27. The van der Waals surface area contributed by atoms with E-state index in [0.29, 0.717) is 13.0 Å². The minimum Gasteiger partial charge on any atom is -0.501 e. The van der Waals surface area contributed by atoms with Gasteiger partial charge in [0.25, 0.3) is 0 Å². The Labute approximate surface area is 55.5 Å². The van der Waals surface area contributed by atoms with Gasteiger partial charge in [-0.15, -0.1) is 0 Å². The summed E-state index contributed by atoms with van der Waals surface area (Å²) in [5.74, 6) is 0. The topological polar surface area (TPSA) is 26.3 Å². The minimum atomic E-state index is 0.476. The maximum atomic E-state index is 9.75. The first-order valence-electron chi connectivity index (χ1n) is 2.96. The van der Waals surface area contributed by atoms with E-state index >= 15 is 0 Å². The molecule has 0 amide bonds. The van der Waals surface area contributed by atoms with Crippen molar-refractivity contribution >= 4 is 6.29 Å². The van der Waals surface area contributed by atoms with Gasteiger partial charge in [0.1, 0.15) is 6.29 Å². The lowest BCUT2D eigenvalue weighted by molar-refractivity contribution is -0.108. The Kier molecular flexibility index (Phi) is 4.88. The third-order valence-electron chi connectivity index (χ3n) is 0.673. The fourth-order valence-corrected chi connectivity index (χ4v) is 0.342. The summed E-state index contributed by atoms with van der Waals surface area (Å²) in [6, 6.07) is 0. The monoisotopic (exact) mass is 128 g/mol. The minimum absolute atomic E-state index is 0.476. The van der Waals surface area contributed by atoms with E-state index in [-0.39, 0.29) is 0 Å². The van der Waals surface area contributed by atoms with E-state index in [9.17, 15) is 4.79 Å². The molecule has 52 valence electrons. The van der Waals surface area contributed by atoms with Gasteiger partial charge in [-0.25, -0.2) is 0 Å². The summed E-state index contributed by atoms with van der Waals surface area (Å²) in [6.45, 7) is 4.39. The van der Waals surface area contributed by atoms with Crippen molar-refractivity contribution in [3.63, 3.8) is 0 Å². The molecule has 9 heavy (non-hydrogen) atoms. The zero-order valence-electron chi connectivity index (χ0n) is 5.89. The van der Waals surface area contributed by atoms with Crippen LogP contribution in [0.2, 0.25) is 0 Å². The molecule has 0 unspecified atom stereocenters. The molecule has 2 nitrogen and oxygen atoms in total. The number of carbonyl (C=O) groups excluding carboxylic acids is 1. The van der Waals surface area contributed by atoms with Crippen LogP contribution in [0.5, 0.6) is 0 Å². The Morgan fingerprint density at radius 3 is 2.67 bits per heavy atom. The van der Waals surface area contributed by atoms with Gasteiger partial charge in [-0.2, -0.15) is 0 Å². The Hall–Kier alpha value is -0.790. The van der Waals surface area contributed by atoms with Crippen LogP contribution in [0.4, 0.5) is 0 Å². The Morgan fingerprint density at radius 2 is 2.22 bits per heavy atom. The molecule has 0 bridgehead atoms. The molecule has 0 aromatic heterocycles. The van der Waals surface area contributed by atoms with E-state index < -0.39 is 0 Å². The number of aldehydes is 1. The smallest absolute Gasteiger partial charge is 0.123 e. The van der Waals surface area contributed by atoms with Crippen molar-refractivity contribution in [3.05, 3.63) is 11.8 Å². The van der Waals surface area contributed by atoms with Crippen LogP contribution in [0.15, 0.2) is 11.8 Å². The van der Waals surface area contributed by atoms with Crippen LogP contribution >= 0.6 is 0 Å². The van der Waals surface area contributed by atoms with Crippen LogP contribution in [-0.4, -0.2) is 12.9 Å². The molecule has 0 aromatic carbocycles. The van der Waals surface area contributed by atoms with E-state index in [1.54, 1.807) is 6.26 Å². The molecule has 0 heterocycles. The second-order valence-electron chi connectivity index (χ2n) is 2.02. The molecule has 0 aliphatic carbocycles. The van der Waals surface area contributed by atoms with Gasteiger partial charge in [0.2, 0.25) is 0 Å². The molecule has 0 spiro atoms. The quantitative estimate of drug-likeness (QED) is 0.326. The summed E-state index contributed by atoms with van der Waals surface area (Å²) < 4.78 is 4.94. The van der Waals surface area contributed by atoms with Gasteiger partial charge in [0.15, 0.2) is 0 Å². The van der Waals surface area contributed by atoms with E-state index in [2.05, 4.69) is 0 Å². The van der Waals surface area contributed by atoms with Crippen LogP contribution < -0.4 is 0 Å². The van der Waals surface area contributed by atoms with Gasteiger partial charge < -0.3 is 9.53 Å². The van der Waals surface area contributed by atoms with Crippen molar-refractivity contribution in [2.24, 2.45) is 0 Å². The van der Waals surface area contributed by atoms with Gasteiger partial charge in [-0.3, -0.25) is 0 Å². The average molecular weight is 128 g/mol. The Bertz CT molecular complexity index is 101. The number of carbonyl (C=O) groups is 1. The van der Waals surface area contributed by atoms with Crippen molar-refractivity contribution in [2.75, 3.05) is 6.61 Å². The molecule has 0 saturated carbocycles. The average Bonchev–Trinajstić information content (AvgIpc) is 1.80. The summed E-state index contributed by atoms with van der Waals surface area (Å²) in [6.07, 6.45) is 2.98. The molecule has 0 aliphatic rings. The number of hydrogen-bond donors (Lipinski definition) is 0. The lowest BCUT2D eigenvalue weighted by Crippen LogP contribution is -1.87. The van der Waals surface area contributed by atoms with Crippen LogP contribution in [0.1, 0.15) is 20.3 Å². The number of hydrogen-bond acceptors (Lipinski definition) is 2. The molecule has 0 N–H and O–H groups in total. The summed E-state index contributed by atoms with van der Waals surface area (Å²) in [5, 5.41) is 0. The van der Waals surface area contributed by atoms with Gasteiger partial charge in [-0.1, -0.05) is 0 Å². The van der Waals surface area contributed by atoms with Gasteiger partial charge >= 0.3 is 0 Å². The van der Waals surface area contributed by atoms with Crippen molar-refractivity contribution < 1.29 is 9.53 Å². The molecular formula is C7H12O2. The first kappa shape index (κ1) is 8.21. The maximum absolute atomic E-state index is 9.75. The second-order valence-corrected chi connectivity index (χ2v) is 2.02. The molecule has 2 heteroatoms. The number of rotatable bonds is 4. The van der Waals surface area contributed by atoms with Crippen molar-refractivity contribution in [3.8, 4) is 0 Å². The highest BCUT2D eigenvalue weighted by molar-refractivity contribution is 5.49. The number of ether oxygens (including phenoxy) is 1. The third-order valence-corrected chi connectivity index (χ3v) is 0.673. The largest absolute Gasteiger partial charge is 0.501 e. The van der Waals surface area contributed by atoms with E-state index in [1.807, 2.05) is 13.8 Å². The van der Waals surface area contributed by atoms with Crippen LogP contribution in [0, 0.1) is 0 Å². The predicted molar refractivity (Wildman–Crippen MR) is 36.1 cm³/mol. The fourth-order valence-electron chi connectivity index (χ4n) is 0.342. The molecule has 0 rings (SSSR count). The third kappa shape index (κ3) is 7.21. The van der Waals surface area contributed by atoms with Gasteiger partial charge in [0, 0.05) is 6.42 Å². The standard InChI is InChI=1S/C7H12O2/c1-7(2)6-9-5-3-4-8/h4,6H,3,5H2,1-2H3. The molecule has 0 radical (unpaired) electrons. The van der Waals surface area contributed by atoms with Gasteiger partial charge in [-0.05, 0) is 19.4 Å². The Balaban J connectivity index is 3.09. The molecule has 0 atom stereocenters. The SMILES string of the molecule is CC(C)=COCCC=O. The predicted octanol–water partition coefficient (Wildman–Crippen LogP) is 1.52. The molecule has 0 aliphatic heterocycles. The normalized spacial score (nSPS) is 8.22. The maximum Gasteiger partial charge on any atom is 0.123 e. The van der Waals surface area contributed by atoms with Gasteiger partial charge in [0.05, 0.1) is 12.9 Å². The summed E-state index contributed by atoms with van der Waals surface area (Å²) in [5.41, 5.74) is 1.11. The molecule has 0 fully saturated rings. The highest BCUT2D eigenvalue weighted by Gasteiger charge is 1.80. The highest BCUT2D eigenvalue weighted by atomic mass is 16.5. The summed E-state index contributed by atoms with van der Waals surface area (Å²) in [4.78, 5) is 9.75. The lowest BCUT2D eigenvalue weighted by Gasteiger charge is -1.94. The van der Waals surface area contributed by atoms with Crippen molar-refractivity contribution in [2.45, 2.75) is 20.3 Å². The second kappa shape index (κ2) is 5.35. The van der Waals surface area contributed by atoms with Crippen molar-refractivity contribution in [1.29, 1.82) is 0 Å². The molecule has 0 saturated heterocycles.